The second-order valence-electron chi connectivity index (χ2n) is 3.24. The highest BCUT2D eigenvalue weighted by atomic mass is 15.1. The van der Waals surface area contributed by atoms with E-state index in [-0.39, 0.29) is 0 Å². The lowest BCUT2D eigenvalue weighted by Gasteiger charge is -2.07. The van der Waals surface area contributed by atoms with E-state index in [4.69, 9.17) is 5.73 Å². The van der Waals surface area contributed by atoms with Gasteiger partial charge in [-0.05, 0) is 12.1 Å². The van der Waals surface area contributed by atoms with E-state index >= 15 is 0 Å². The number of aromatic nitrogens is 3. The van der Waals surface area contributed by atoms with Crippen LogP contribution >= 0.6 is 0 Å². The summed E-state index contributed by atoms with van der Waals surface area (Å²) in [6, 6.07) is 3.74. The van der Waals surface area contributed by atoms with Crippen molar-refractivity contribution in [2.45, 2.75) is 6.54 Å². The Hall–Kier alpha value is -2.04. The third kappa shape index (κ3) is 2.07. The standard InChI is InChI=1S/C10H13N5/c1-15-6-5-12-9(15)7-14-8-3-2-4-13-10(8)11/h2-6,14H,7H2,1H3,(H2,11,13). The average Bonchev–Trinajstić information content (AvgIpc) is 2.63. The Morgan fingerprint density at radius 2 is 2.27 bits per heavy atom. The Morgan fingerprint density at radius 3 is 2.93 bits per heavy atom. The molecule has 0 aliphatic rings. The molecule has 0 bridgehead atoms. The van der Waals surface area contributed by atoms with Gasteiger partial charge in [0.25, 0.3) is 0 Å². The number of pyridine rings is 1. The minimum Gasteiger partial charge on any atom is -0.382 e. The first-order valence-corrected chi connectivity index (χ1v) is 4.68. The minimum absolute atomic E-state index is 0.506. The SMILES string of the molecule is Cn1ccnc1CNc1cccnc1N. The van der Waals surface area contributed by atoms with Crippen molar-refractivity contribution in [3.8, 4) is 0 Å². The maximum absolute atomic E-state index is 5.70. The number of rotatable bonds is 3. The first-order valence-electron chi connectivity index (χ1n) is 4.68. The fourth-order valence-corrected chi connectivity index (χ4v) is 1.31. The Labute approximate surface area is 88.0 Å². The second-order valence-corrected chi connectivity index (χ2v) is 3.24. The van der Waals surface area contributed by atoms with Crippen LogP contribution in [0, 0.1) is 0 Å². The normalized spacial score (nSPS) is 10.2. The minimum atomic E-state index is 0.506. The molecule has 0 radical (unpaired) electrons. The fraction of sp³-hybridized carbons (Fsp3) is 0.200. The van der Waals surface area contributed by atoms with Crippen molar-refractivity contribution in [1.82, 2.24) is 14.5 Å². The van der Waals surface area contributed by atoms with Gasteiger partial charge in [-0.2, -0.15) is 0 Å². The number of anilines is 2. The molecular formula is C10H13N5. The molecule has 5 nitrogen and oxygen atoms in total. The molecule has 0 aromatic carbocycles. The molecule has 0 unspecified atom stereocenters. The number of hydrogen-bond donors (Lipinski definition) is 2. The number of nitrogens with two attached hydrogens (primary N) is 1. The zero-order valence-corrected chi connectivity index (χ0v) is 8.51. The molecule has 0 saturated heterocycles. The van der Waals surface area contributed by atoms with Crippen LogP contribution in [0.15, 0.2) is 30.7 Å². The van der Waals surface area contributed by atoms with Crippen LogP contribution in [-0.2, 0) is 13.6 Å². The van der Waals surface area contributed by atoms with Gasteiger partial charge in [0.2, 0.25) is 0 Å². The van der Waals surface area contributed by atoms with Gasteiger partial charge in [0.05, 0.1) is 12.2 Å². The monoisotopic (exact) mass is 203 g/mol. The van der Waals surface area contributed by atoms with Crippen molar-refractivity contribution in [1.29, 1.82) is 0 Å². The Morgan fingerprint density at radius 1 is 1.40 bits per heavy atom. The molecule has 0 atom stereocenters. The van der Waals surface area contributed by atoms with Gasteiger partial charge in [-0.15, -0.1) is 0 Å². The molecule has 2 heterocycles. The number of nitrogens with zero attached hydrogens (tertiary/aromatic N) is 3. The summed E-state index contributed by atoms with van der Waals surface area (Å²) in [6.07, 6.45) is 5.34. The summed E-state index contributed by atoms with van der Waals surface area (Å²) in [5, 5.41) is 3.19. The number of nitrogens with one attached hydrogen (secondary N) is 1. The van der Waals surface area contributed by atoms with Gasteiger partial charge < -0.3 is 15.6 Å². The lowest BCUT2D eigenvalue weighted by Crippen LogP contribution is -2.07. The molecule has 2 rings (SSSR count). The molecule has 0 amide bonds. The molecule has 2 aromatic rings. The quantitative estimate of drug-likeness (QED) is 0.781. The van der Waals surface area contributed by atoms with E-state index in [0.717, 1.165) is 11.5 Å². The highest BCUT2D eigenvalue weighted by Crippen LogP contribution is 2.14. The van der Waals surface area contributed by atoms with Gasteiger partial charge in [-0.25, -0.2) is 9.97 Å². The van der Waals surface area contributed by atoms with Gasteiger partial charge in [-0.1, -0.05) is 0 Å². The van der Waals surface area contributed by atoms with Gasteiger partial charge in [-0.3, -0.25) is 0 Å². The smallest absolute Gasteiger partial charge is 0.146 e. The highest BCUT2D eigenvalue weighted by Gasteiger charge is 2.01. The van der Waals surface area contributed by atoms with Crippen molar-refractivity contribution >= 4 is 11.5 Å². The van der Waals surface area contributed by atoms with Crippen molar-refractivity contribution in [3.05, 3.63) is 36.5 Å². The van der Waals surface area contributed by atoms with E-state index < -0.39 is 0 Å². The highest BCUT2D eigenvalue weighted by molar-refractivity contribution is 5.60. The van der Waals surface area contributed by atoms with Gasteiger partial charge in [0.1, 0.15) is 11.6 Å². The molecule has 0 aliphatic carbocycles. The van der Waals surface area contributed by atoms with Gasteiger partial charge in [0.15, 0.2) is 0 Å². The number of nitrogen functional groups attached to an aromatic ring is 1. The Kier molecular flexibility index (Phi) is 2.53. The summed E-state index contributed by atoms with van der Waals surface area (Å²) in [5.41, 5.74) is 6.53. The Bertz CT molecular complexity index is 449. The van der Waals surface area contributed by atoms with Crippen LogP contribution in [0.1, 0.15) is 5.82 Å². The average molecular weight is 203 g/mol. The lowest BCUT2D eigenvalue weighted by atomic mass is 10.4. The summed E-state index contributed by atoms with van der Waals surface area (Å²) in [7, 11) is 1.95. The summed E-state index contributed by atoms with van der Waals surface area (Å²) in [6.45, 7) is 0.638. The van der Waals surface area contributed by atoms with Crippen molar-refractivity contribution in [2.24, 2.45) is 7.05 Å². The van der Waals surface area contributed by atoms with Crippen LogP contribution in [0.25, 0.3) is 0 Å². The summed E-state index contributed by atoms with van der Waals surface area (Å²) < 4.78 is 1.96. The van der Waals surface area contributed by atoms with Crippen molar-refractivity contribution in [2.75, 3.05) is 11.1 Å². The largest absolute Gasteiger partial charge is 0.382 e. The first kappa shape index (κ1) is 9.51. The van der Waals surface area contributed by atoms with E-state index in [9.17, 15) is 0 Å². The summed E-state index contributed by atoms with van der Waals surface area (Å²) in [5.74, 6) is 1.46. The van der Waals surface area contributed by atoms with Crippen LogP contribution in [0.4, 0.5) is 11.5 Å². The maximum atomic E-state index is 5.70. The van der Waals surface area contributed by atoms with E-state index in [2.05, 4.69) is 15.3 Å². The van der Waals surface area contributed by atoms with Crippen LogP contribution in [0.2, 0.25) is 0 Å². The molecule has 0 spiro atoms. The van der Waals surface area contributed by atoms with E-state index in [1.54, 1.807) is 12.4 Å². The van der Waals surface area contributed by atoms with Crippen molar-refractivity contribution in [3.63, 3.8) is 0 Å². The van der Waals surface area contributed by atoms with Crippen LogP contribution in [-0.4, -0.2) is 14.5 Å². The maximum Gasteiger partial charge on any atom is 0.146 e. The summed E-state index contributed by atoms with van der Waals surface area (Å²) in [4.78, 5) is 8.19. The molecule has 0 aliphatic heterocycles. The first-order chi connectivity index (χ1) is 7.27. The second kappa shape index (κ2) is 4.00. The number of aryl methyl sites for hydroxylation is 1. The fourth-order valence-electron chi connectivity index (χ4n) is 1.31. The number of imidazole rings is 1. The molecule has 0 saturated carbocycles. The third-order valence-electron chi connectivity index (χ3n) is 2.20. The van der Waals surface area contributed by atoms with E-state index in [1.807, 2.05) is 29.9 Å². The van der Waals surface area contributed by atoms with E-state index in [0.29, 0.717) is 12.4 Å². The molecule has 5 heteroatoms. The predicted molar refractivity (Wildman–Crippen MR) is 59.2 cm³/mol. The molecular weight excluding hydrogens is 190 g/mol. The zero-order chi connectivity index (χ0) is 10.7. The van der Waals surface area contributed by atoms with E-state index in [1.165, 1.54) is 0 Å². The molecule has 3 N–H and O–H groups in total. The molecule has 15 heavy (non-hydrogen) atoms. The van der Waals surface area contributed by atoms with Crippen LogP contribution in [0.5, 0.6) is 0 Å². The van der Waals surface area contributed by atoms with Crippen molar-refractivity contribution < 1.29 is 0 Å². The molecule has 2 aromatic heterocycles. The third-order valence-corrected chi connectivity index (χ3v) is 2.20. The zero-order valence-electron chi connectivity index (χ0n) is 8.51. The molecule has 78 valence electrons. The molecule has 0 fully saturated rings. The lowest BCUT2D eigenvalue weighted by molar-refractivity contribution is 0.813. The predicted octanol–water partition coefficient (Wildman–Crippen LogP) is 1.01. The van der Waals surface area contributed by atoms with Crippen LogP contribution < -0.4 is 11.1 Å². The summed E-state index contributed by atoms with van der Waals surface area (Å²) >= 11 is 0. The number of hydrogen-bond acceptors (Lipinski definition) is 4. The topological polar surface area (TPSA) is 68.8 Å². The Balaban J connectivity index is 2.06. The van der Waals surface area contributed by atoms with Gasteiger partial charge >= 0.3 is 0 Å². The van der Waals surface area contributed by atoms with Gasteiger partial charge in [0, 0.05) is 25.6 Å². The van der Waals surface area contributed by atoms with Crippen LogP contribution in [0.3, 0.4) is 0 Å².